The summed E-state index contributed by atoms with van der Waals surface area (Å²) in [5.41, 5.74) is -1.51. The highest BCUT2D eigenvalue weighted by atomic mass is 19.1. The van der Waals surface area contributed by atoms with Crippen LogP contribution in [0.1, 0.15) is 51.6 Å². The Morgan fingerprint density at radius 1 is 1.18 bits per heavy atom. The maximum absolute atomic E-state index is 14.3. The molecular formula is C28H28F2N4O5. The average Bonchev–Trinajstić information content (AvgIpc) is 3.29. The summed E-state index contributed by atoms with van der Waals surface area (Å²) < 4.78 is 47.0. The number of nitrogens with zero attached hydrogens (tertiary/aromatic N) is 4. The molecule has 0 bridgehead atoms. The number of aromatic nitrogens is 2. The molecule has 3 aromatic rings. The highest BCUT2D eigenvalue weighted by Crippen LogP contribution is 2.40. The van der Waals surface area contributed by atoms with Crippen LogP contribution in [0.3, 0.4) is 0 Å². The van der Waals surface area contributed by atoms with Crippen molar-refractivity contribution in [1.29, 1.82) is 5.26 Å². The molecule has 3 heterocycles. The maximum atomic E-state index is 14.3. The fourth-order valence-corrected chi connectivity index (χ4v) is 5.06. The number of carbonyl (C=O) groups is 1. The number of hydrogen-bond acceptors (Lipinski definition) is 7. The van der Waals surface area contributed by atoms with E-state index in [4.69, 9.17) is 14.2 Å². The molecule has 1 atom stereocenters. The van der Waals surface area contributed by atoms with Gasteiger partial charge in [-0.3, -0.25) is 9.36 Å². The summed E-state index contributed by atoms with van der Waals surface area (Å²) in [6.07, 6.45) is 2.96. The van der Waals surface area contributed by atoms with Gasteiger partial charge in [0.15, 0.2) is 11.6 Å². The van der Waals surface area contributed by atoms with Crippen molar-refractivity contribution >= 4 is 17.0 Å². The largest absolute Gasteiger partial charge is 0.453 e. The topological polar surface area (TPSA) is 107 Å². The van der Waals surface area contributed by atoms with Gasteiger partial charge in [0.1, 0.15) is 28.8 Å². The minimum Gasteiger partial charge on any atom is -0.453 e. The van der Waals surface area contributed by atoms with Crippen molar-refractivity contribution in [2.75, 3.05) is 19.7 Å². The number of rotatable bonds is 3. The van der Waals surface area contributed by atoms with Crippen LogP contribution < -0.4 is 10.3 Å². The van der Waals surface area contributed by atoms with Crippen LogP contribution in [-0.4, -0.2) is 51.4 Å². The van der Waals surface area contributed by atoms with Crippen molar-refractivity contribution in [2.24, 2.45) is 0 Å². The minimum atomic E-state index is -0.911. The number of nitriles is 1. The van der Waals surface area contributed by atoms with E-state index in [-0.39, 0.29) is 28.8 Å². The number of benzene rings is 2. The Hall–Kier alpha value is -4.04. The quantitative estimate of drug-likeness (QED) is 0.458. The van der Waals surface area contributed by atoms with E-state index in [1.54, 1.807) is 17.0 Å². The fraction of sp³-hybridized carbons (Fsp3) is 0.429. The van der Waals surface area contributed by atoms with E-state index in [0.717, 1.165) is 12.1 Å². The van der Waals surface area contributed by atoms with Crippen LogP contribution >= 0.6 is 0 Å². The molecule has 1 spiro atoms. The molecular weight excluding hydrogens is 510 g/mol. The monoisotopic (exact) mass is 538 g/mol. The standard InChI is InChI=1S/C28H28F2N4O5/c1-27(2,3)39-26(36)33-10-8-28(9-11-33)13-17(15-37-28)34-16-32-23-7-4-18(12-19(23)25(34)35)38-24-20(14-31)21(29)5-6-22(24)30/h4-7,12,16-17H,8-11,13,15H2,1-3H3. The van der Waals surface area contributed by atoms with Gasteiger partial charge in [-0.15, -0.1) is 0 Å². The first-order valence-corrected chi connectivity index (χ1v) is 12.7. The number of likely N-dealkylation sites (tertiary alicyclic amines) is 1. The first-order chi connectivity index (χ1) is 18.5. The highest BCUT2D eigenvalue weighted by Gasteiger charge is 2.44. The number of fused-ring (bicyclic) bond motifs is 1. The van der Waals surface area contributed by atoms with Gasteiger partial charge in [-0.1, -0.05) is 0 Å². The van der Waals surface area contributed by atoms with Gasteiger partial charge in [-0.25, -0.2) is 18.6 Å². The van der Waals surface area contributed by atoms with Crippen molar-refractivity contribution in [3.05, 3.63) is 64.2 Å². The number of ether oxygens (including phenoxy) is 3. The van der Waals surface area contributed by atoms with Crippen LogP contribution in [0.2, 0.25) is 0 Å². The van der Waals surface area contributed by atoms with E-state index in [9.17, 15) is 23.6 Å². The highest BCUT2D eigenvalue weighted by molar-refractivity contribution is 5.79. The van der Waals surface area contributed by atoms with Gasteiger partial charge in [0.25, 0.3) is 5.56 Å². The predicted molar refractivity (Wildman–Crippen MR) is 137 cm³/mol. The predicted octanol–water partition coefficient (Wildman–Crippen LogP) is 5.07. The lowest BCUT2D eigenvalue weighted by atomic mass is 9.87. The molecule has 39 heavy (non-hydrogen) atoms. The number of piperidine rings is 1. The third-order valence-electron chi connectivity index (χ3n) is 7.05. The Morgan fingerprint density at radius 3 is 2.59 bits per heavy atom. The second-order valence-electron chi connectivity index (χ2n) is 10.9. The van der Waals surface area contributed by atoms with Crippen LogP contribution in [0.4, 0.5) is 13.6 Å². The molecule has 1 aromatic heterocycles. The molecule has 2 aliphatic rings. The van der Waals surface area contributed by atoms with E-state index in [1.165, 1.54) is 23.0 Å². The normalized spacial score (nSPS) is 18.8. The Balaban J connectivity index is 1.34. The van der Waals surface area contributed by atoms with E-state index in [1.807, 2.05) is 20.8 Å². The number of halogens is 2. The van der Waals surface area contributed by atoms with Crippen LogP contribution in [0.15, 0.2) is 41.5 Å². The third kappa shape index (κ3) is 5.29. The van der Waals surface area contributed by atoms with E-state index >= 15 is 0 Å². The molecule has 1 unspecified atom stereocenters. The van der Waals surface area contributed by atoms with Crippen molar-refractivity contribution in [3.8, 4) is 17.6 Å². The van der Waals surface area contributed by atoms with Gasteiger partial charge < -0.3 is 19.1 Å². The lowest BCUT2D eigenvalue weighted by Gasteiger charge is -2.39. The smallest absolute Gasteiger partial charge is 0.410 e. The number of amides is 1. The lowest BCUT2D eigenvalue weighted by Crippen LogP contribution is -2.48. The Bertz CT molecular complexity index is 1530. The summed E-state index contributed by atoms with van der Waals surface area (Å²) in [6.45, 7) is 6.79. The van der Waals surface area contributed by atoms with Gasteiger partial charge >= 0.3 is 6.09 Å². The van der Waals surface area contributed by atoms with Gasteiger partial charge in [0.2, 0.25) is 0 Å². The molecule has 0 radical (unpaired) electrons. The lowest BCUT2D eigenvalue weighted by molar-refractivity contribution is -0.0486. The molecule has 2 fully saturated rings. The summed E-state index contributed by atoms with van der Waals surface area (Å²) in [7, 11) is 0. The Kier molecular flexibility index (Phi) is 6.76. The Morgan fingerprint density at radius 2 is 1.90 bits per heavy atom. The summed E-state index contributed by atoms with van der Waals surface area (Å²) >= 11 is 0. The number of carbonyl (C=O) groups excluding carboxylic acids is 1. The van der Waals surface area contributed by atoms with Gasteiger partial charge in [-0.2, -0.15) is 5.26 Å². The van der Waals surface area contributed by atoms with E-state index < -0.39 is 34.1 Å². The van der Waals surface area contributed by atoms with Crippen molar-refractivity contribution < 1.29 is 27.8 Å². The summed E-state index contributed by atoms with van der Waals surface area (Å²) in [5, 5.41) is 9.46. The maximum Gasteiger partial charge on any atom is 0.410 e. The van der Waals surface area contributed by atoms with Crippen LogP contribution in [0.25, 0.3) is 10.9 Å². The van der Waals surface area contributed by atoms with Crippen molar-refractivity contribution in [3.63, 3.8) is 0 Å². The fourth-order valence-electron chi connectivity index (χ4n) is 5.06. The van der Waals surface area contributed by atoms with Crippen LogP contribution in [0, 0.1) is 23.0 Å². The molecule has 9 nitrogen and oxygen atoms in total. The van der Waals surface area contributed by atoms with Crippen LogP contribution in [0.5, 0.6) is 11.5 Å². The van der Waals surface area contributed by atoms with Crippen molar-refractivity contribution in [2.45, 2.75) is 57.3 Å². The van der Waals surface area contributed by atoms with E-state index in [0.29, 0.717) is 44.5 Å². The molecule has 0 N–H and O–H groups in total. The third-order valence-corrected chi connectivity index (χ3v) is 7.05. The van der Waals surface area contributed by atoms with Gasteiger partial charge in [0, 0.05) is 13.1 Å². The van der Waals surface area contributed by atoms with Gasteiger partial charge in [0.05, 0.1) is 35.5 Å². The Labute approximate surface area is 223 Å². The molecule has 1 amide bonds. The molecule has 204 valence electrons. The molecule has 2 aromatic carbocycles. The molecule has 11 heteroatoms. The van der Waals surface area contributed by atoms with Crippen molar-refractivity contribution in [1.82, 2.24) is 14.5 Å². The van der Waals surface area contributed by atoms with Crippen LogP contribution in [-0.2, 0) is 9.47 Å². The number of hydrogen-bond donors (Lipinski definition) is 0. The summed E-state index contributed by atoms with van der Waals surface area (Å²) in [4.78, 5) is 32.0. The molecule has 0 saturated carbocycles. The molecule has 2 aliphatic heterocycles. The van der Waals surface area contributed by atoms with Gasteiger partial charge in [-0.05, 0) is 70.4 Å². The zero-order chi connectivity index (χ0) is 27.9. The molecule has 0 aliphatic carbocycles. The zero-order valence-electron chi connectivity index (χ0n) is 21.9. The zero-order valence-corrected chi connectivity index (χ0v) is 21.9. The average molecular weight is 539 g/mol. The first-order valence-electron chi connectivity index (χ1n) is 12.7. The second-order valence-corrected chi connectivity index (χ2v) is 10.9. The molecule has 2 saturated heterocycles. The second kappa shape index (κ2) is 9.93. The first kappa shape index (κ1) is 26.6. The van der Waals surface area contributed by atoms with E-state index in [2.05, 4.69) is 4.98 Å². The SMILES string of the molecule is CC(C)(C)OC(=O)N1CCC2(CC1)CC(n1cnc3ccc(Oc4c(F)ccc(F)c4C#N)cc3c1=O)CO2. The summed E-state index contributed by atoms with van der Waals surface area (Å²) in [6, 6.07) is 7.47. The minimum absolute atomic E-state index is 0.0637. The molecule has 5 rings (SSSR count). The summed E-state index contributed by atoms with van der Waals surface area (Å²) in [5.74, 6) is -2.30.